The van der Waals surface area contributed by atoms with Crippen LogP contribution in [0.4, 0.5) is 0 Å². The quantitative estimate of drug-likeness (QED) is 0.784. The standard InChI is InChI=1S/C20H20N4O2/c25-20(18-17-6-2-1-4-14(17)7-9-21-18)23-12-16-8-10-22-19(24-16)15-5-3-11-26-13-15/h1-2,4,6-10,15H,3,5,11-13H2,(H,23,25)/t15-/m1/s1. The van der Waals surface area contributed by atoms with Gasteiger partial charge in [0, 0.05) is 30.3 Å². The molecule has 1 N–H and O–H groups in total. The zero-order valence-corrected chi connectivity index (χ0v) is 14.4. The van der Waals surface area contributed by atoms with Crippen molar-refractivity contribution in [3.63, 3.8) is 0 Å². The summed E-state index contributed by atoms with van der Waals surface area (Å²) in [7, 11) is 0. The average Bonchev–Trinajstić information content (AvgIpc) is 2.72. The zero-order valence-electron chi connectivity index (χ0n) is 14.4. The van der Waals surface area contributed by atoms with Crippen LogP contribution in [0.2, 0.25) is 0 Å². The molecule has 0 spiro atoms. The first-order valence-electron chi connectivity index (χ1n) is 8.83. The molecule has 1 atom stereocenters. The molecule has 1 aliphatic rings. The maximum absolute atomic E-state index is 12.6. The van der Waals surface area contributed by atoms with Crippen molar-refractivity contribution >= 4 is 16.7 Å². The lowest BCUT2D eigenvalue weighted by molar-refractivity contribution is 0.0779. The van der Waals surface area contributed by atoms with Crippen molar-refractivity contribution in [3.05, 3.63) is 66.0 Å². The number of fused-ring (bicyclic) bond motifs is 1. The second kappa shape index (κ2) is 7.58. The van der Waals surface area contributed by atoms with E-state index in [0.717, 1.165) is 41.7 Å². The summed E-state index contributed by atoms with van der Waals surface area (Å²) in [5, 5.41) is 4.75. The highest BCUT2D eigenvalue weighted by atomic mass is 16.5. The molecular weight excluding hydrogens is 328 g/mol. The van der Waals surface area contributed by atoms with Gasteiger partial charge in [-0.2, -0.15) is 0 Å². The summed E-state index contributed by atoms with van der Waals surface area (Å²) >= 11 is 0. The van der Waals surface area contributed by atoms with E-state index in [2.05, 4.69) is 20.3 Å². The average molecular weight is 348 g/mol. The highest BCUT2D eigenvalue weighted by molar-refractivity contribution is 6.05. The van der Waals surface area contributed by atoms with Crippen molar-refractivity contribution in [1.29, 1.82) is 0 Å². The summed E-state index contributed by atoms with van der Waals surface area (Å²) < 4.78 is 5.52. The lowest BCUT2D eigenvalue weighted by Crippen LogP contribution is -2.25. The van der Waals surface area contributed by atoms with Gasteiger partial charge in [0.25, 0.3) is 5.91 Å². The number of benzene rings is 1. The summed E-state index contributed by atoms with van der Waals surface area (Å²) in [6.45, 7) is 1.81. The molecule has 6 heteroatoms. The molecule has 6 nitrogen and oxygen atoms in total. The maximum Gasteiger partial charge on any atom is 0.270 e. The van der Waals surface area contributed by atoms with E-state index in [1.165, 1.54) is 0 Å². The molecule has 3 aromatic rings. The molecule has 1 aliphatic heterocycles. The number of amides is 1. The van der Waals surface area contributed by atoms with Crippen LogP contribution in [0.25, 0.3) is 10.8 Å². The third-order valence-electron chi connectivity index (χ3n) is 4.58. The van der Waals surface area contributed by atoms with Gasteiger partial charge in [-0.1, -0.05) is 24.3 Å². The number of pyridine rings is 1. The highest BCUT2D eigenvalue weighted by Gasteiger charge is 2.19. The van der Waals surface area contributed by atoms with Crippen LogP contribution in [0.3, 0.4) is 0 Å². The number of hydrogen-bond donors (Lipinski definition) is 1. The molecule has 0 saturated carbocycles. The van der Waals surface area contributed by atoms with Crippen LogP contribution in [-0.2, 0) is 11.3 Å². The van der Waals surface area contributed by atoms with Gasteiger partial charge in [-0.05, 0) is 30.4 Å². The van der Waals surface area contributed by atoms with Crippen LogP contribution in [0.1, 0.15) is 40.8 Å². The Labute approximate surface area is 151 Å². The molecule has 4 rings (SSSR count). The van der Waals surface area contributed by atoms with Crippen LogP contribution in [0, 0.1) is 0 Å². The zero-order chi connectivity index (χ0) is 17.8. The predicted octanol–water partition coefficient (Wildman–Crippen LogP) is 2.85. The molecule has 0 radical (unpaired) electrons. The second-order valence-electron chi connectivity index (χ2n) is 6.38. The number of rotatable bonds is 4. The molecule has 1 amide bonds. The predicted molar refractivity (Wildman–Crippen MR) is 97.7 cm³/mol. The fourth-order valence-electron chi connectivity index (χ4n) is 3.21. The number of nitrogens with zero attached hydrogens (tertiary/aromatic N) is 3. The topological polar surface area (TPSA) is 77.0 Å². The van der Waals surface area contributed by atoms with Crippen LogP contribution < -0.4 is 5.32 Å². The molecule has 132 valence electrons. The van der Waals surface area contributed by atoms with E-state index in [1.54, 1.807) is 12.4 Å². The summed E-state index contributed by atoms with van der Waals surface area (Å²) in [4.78, 5) is 25.8. The van der Waals surface area contributed by atoms with E-state index in [4.69, 9.17) is 4.74 Å². The van der Waals surface area contributed by atoms with E-state index in [-0.39, 0.29) is 11.8 Å². The minimum Gasteiger partial charge on any atom is -0.381 e. The van der Waals surface area contributed by atoms with Crippen LogP contribution in [0.5, 0.6) is 0 Å². The second-order valence-corrected chi connectivity index (χ2v) is 6.38. The fourth-order valence-corrected chi connectivity index (χ4v) is 3.21. The van der Waals surface area contributed by atoms with Gasteiger partial charge >= 0.3 is 0 Å². The summed E-state index contributed by atoms with van der Waals surface area (Å²) in [6, 6.07) is 11.4. The lowest BCUT2D eigenvalue weighted by Gasteiger charge is -2.20. The van der Waals surface area contributed by atoms with Crippen molar-refractivity contribution in [2.75, 3.05) is 13.2 Å². The third kappa shape index (κ3) is 3.55. The largest absolute Gasteiger partial charge is 0.381 e. The van der Waals surface area contributed by atoms with Crippen molar-refractivity contribution in [3.8, 4) is 0 Å². The molecule has 1 fully saturated rings. The first-order chi connectivity index (χ1) is 12.8. The SMILES string of the molecule is O=C(NCc1ccnc([C@@H]2CCCOC2)n1)c1nccc2ccccc12. The number of carbonyl (C=O) groups excluding carboxylic acids is 1. The van der Waals surface area contributed by atoms with Crippen LogP contribution in [-0.4, -0.2) is 34.1 Å². The molecule has 1 aromatic carbocycles. The molecule has 2 aromatic heterocycles. The Morgan fingerprint density at radius 2 is 2.04 bits per heavy atom. The maximum atomic E-state index is 12.6. The van der Waals surface area contributed by atoms with Crippen molar-refractivity contribution < 1.29 is 9.53 Å². The Kier molecular flexibility index (Phi) is 4.84. The Morgan fingerprint density at radius 3 is 2.92 bits per heavy atom. The Morgan fingerprint density at radius 1 is 1.15 bits per heavy atom. The molecular formula is C20H20N4O2. The molecule has 26 heavy (non-hydrogen) atoms. The normalized spacial score (nSPS) is 17.2. The molecule has 1 saturated heterocycles. The summed E-state index contributed by atoms with van der Waals surface area (Å²) in [5.74, 6) is 0.821. The molecule has 0 unspecified atom stereocenters. The molecule has 0 bridgehead atoms. The first kappa shape index (κ1) is 16.6. The number of nitrogens with one attached hydrogen (secondary N) is 1. The van der Waals surface area contributed by atoms with E-state index < -0.39 is 0 Å². The van der Waals surface area contributed by atoms with Crippen molar-refractivity contribution in [2.24, 2.45) is 0 Å². The smallest absolute Gasteiger partial charge is 0.270 e. The fraction of sp³-hybridized carbons (Fsp3) is 0.300. The van der Waals surface area contributed by atoms with Gasteiger partial charge in [-0.15, -0.1) is 0 Å². The summed E-state index contributed by atoms with van der Waals surface area (Å²) in [6.07, 6.45) is 5.47. The summed E-state index contributed by atoms with van der Waals surface area (Å²) in [5.41, 5.74) is 1.22. The van der Waals surface area contributed by atoms with E-state index in [1.807, 2.05) is 36.4 Å². The Hall–Kier alpha value is -2.86. The lowest BCUT2D eigenvalue weighted by atomic mass is 10.0. The number of ether oxygens (including phenoxy) is 1. The number of hydrogen-bond acceptors (Lipinski definition) is 5. The van der Waals surface area contributed by atoms with Gasteiger partial charge in [-0.25, -0.2) is 9.97 Å². The molecule has 0 aliphatic carbocycles. The Balaban J connectivity index is 1.47. The van der Waals surface area contributed by atoms with Crippen molar-refractivity contribution in [1.82, 2.24) is 20.3 Å². The van der Waals surface area contributed by atoms with Gasteiger partial charge < -0.3 is 10.1 Å². The third-order valence-corrected chi connectivity index (χ3v) is 4.58. The van der Waals surface area contributed by atoms with Gasteiger partial charge in [0.1, 0.15) is 11.5 Å². The van der Waals surface area contributed by atoms with Gasteiger partial charge in [-0.3, -0.25) is 9.78 Å². The monoisotopic (exact) mass is 348 g/mol. The number of carbonyl (C=O) groups is 1. The van der Waals surface area contributed by atoms with Crippen molar-refractivity contribution in [2.45, 2.75) is 25.3 Å². The van der Waals surface area contributed by atoms with Gasteiger partial charge in [0.15, 0.2) is 0 Å². The Bertz CT molecular complexity index is 917. The minimum absolute atomic E-state index is 0.206. The highest BCUT2D eigenvalue weighted by Crippen LogP contribution is 2.22. The minimum atomic E-state index is -0.206. The van der Waals surface area contributed by atoms with E-state index in [0.29, 0.717) is 18.8 Å². The van der Waals surface area contributed by atoms with E-state index >= 15 is 0 Å². The van der Waals surface area contributed by atoms with E-state index in [9.17, 15) is 4.79 Å². The first-order valence-corrected chi connectivity index (χ1v) is 8.83. The van der Waals surface area contributed by atoms with Crippen LogP contribution in [0.15, 0.2) is 48.8 Å². The van der Waals surface area contributed by atoms with Gasteiger partial charge in [0.05, 0.1) is 18.8 Å². The molecule has 3 heterocycles. The van der Waals surface area contributed by atoms with Gasteiger partial charge in [0.2, 0.25) is 0 Å². The van der Waals surface area contributed by atoms with Crippen LogP contribution >= 0.6 is 0 Å². The number of aromatic nitrogens is 3.